The molecular weight excluding hydrogens is 147 g/mol. The van der Waals surface area contributed by atoms with Gasteiger partial charge in [0.25, 0.3) is 0 Å². The first kappa shape index (κ1) is 7.54. The van der Waals surface area contributed by atoms with Gasteiger partial charge in [-0.15, -0.1) is 18.2 Å². The van der Waals surface area contributed by atoms with E-state index in [2.05, 4.69) is 6.58 Å². The maximum Gasteiger partial charge on any atom is 0.190 e. The van der Waals surface area contributed by atoms with Gasteiger partial charge in [0.2, 0.25) is 0 Å². The lowest BCUT2D eigenvalue weighted by Crippen LogP contribution is -2.21. The van der Waals surface area contributed by atoms with Crippen LogP contribution >= 0.6 is 22.7 Å². The zero-order valence-electron chi connectivity index (χ0n) is 4.25. The van der Waals surface area contributed by atoms with Gasteiger partial charge in [-0.2, -0.15) is 11.1 Å². The van der Waals surface area contributed by atoms with Crippen molar-refractivity contribution >= 4 is 30.1 Å². The van der Waals surface area contributed by atoms with Crippen molar-refractivity contribution in [2.75, 3.05) is 5.50 Å². The quantitative estimate of drug-likeness (QED) is 0.326. The van der Waals surface area contributed by atoms with E-state index in [1.54, 1.807) is 5.70 Å². The van der Waals surface area contributed by atoms with Crippen LogP contribution in [0.2, 0.25) is 6.55 Å². The predicted molar refractivity (Wildman–Crippen MR) is 38.4 cm³/mol. The van der Waals surface area contributed by atoms with Gasteiger partial charge in [0.05, 0.1) is 0 Å². The van der Waals surface area contributed by atoms with Gasteiger partial charge in [0.15, 0.2) is 7.38 Å². The van der Waals surface area contributed by atoms with Crippen LogP contribution in [0.25, 0.3) is 0 Å². The molecule has 42 valence electrons. The summed E-state index contributed by atoms with van der Waals surface area (Å²) in [6, 6.07) is 0. The van der Waals surface area contributed by atoms with E-state index in [9.17, 15) is 0 Å². The van der Waals surface area contributed by atoms with Crippen LogP contribution in [0, 0.1) is 0 Å². The Morgan fingerprint density at radius 3 is 2.29 bits per heavy atom. The molecule has 0 fully saturated rings. The molecule has 0 nitrogen and oxygen atoms in total. The second kappa shape index (κ2) is 2.75. The van der Waals surface area contributed by atoms with Gasteiger partial charge in [-0.3, -0.25) is 0 Å². The van der Waals surface area contributed by atoms with Crippen LogP contribution in [0.1, 0.15) is 0 Å². The van der Waals surface area contributed by atoms with Crippen molar-refractivity contribution in [3.05, 3.63) is 12.3 Å². The lowest BCUT2D eigenvalue weighted by molar-refractivity contribution is 1.89. The van der Waals surface area contributed by atoms with Gasteiger partial charge in [0.1, 0.15) is 0 Å². The summed E-state index contributed by atoms with van der Waals surface area (Å²) in [5, 5.41) is 0. The second-order valence-electron chi connectivity index (χ2n) is 1.62. The van der Waals surface area contributed by atoms with Crippen molar-refractivity contribution < 1.29 is 0 Å². The van der Waals surface area contributed by atoms with Crippen LogP contribution in [0.3, 0.4) is 0 Å². The van der Waals surface area contributed by atoms with Crippen LogP contribution in [0.4, 0.5) is 0 Å². The van der Waals surface area contributed by atoms with E-state index in [-0.39, 0.29) is 0 Å². The first-order chi connectivity index (χ1) is 3.12. The van der Waals surface area contributed by atoms with E-state index in [0.717, 1.165) is 0 Å². The summed E-state index contributed by atoms with van der Waals surface area (Å²) < 4.78 is 0. The minimum atomic E-state index is -1.65. The number of hydrogen-bond donors (Lipinski definition) is 0. The van der Waals surface area contributed by atoms with Crippen molar-refractivity contribution in [1.82, 2.24) is 0 Å². The third-order valence-corrected chi connectivity index (χ3v) is 5.00. The molecule has 0 aliphatic carbocycles. The molecule has 0 aromatic heterocycles. The average molecular weight is 155 g/mol. The molecule has 0 N–H and O–H groups in total. The van der Waals surface area contributed by atoms with Gasteiger partial charge in [-0.05, 0) is 0 Å². The number of rotatable bonds is 2. The Kier molecular flexibility index (Phi) is 2.96. The van der Waals surface area contributed by atoms with Crippen LogP contribution in [0.15, 0.2) is 12.3 Å². The van der Waals surface area contributed by atoms with E-state index in [0.29, 0.717) is 5.50 Å². The molecule has 7 heavy (non-hydrogen) atoms. The molecule has 1 atom stereocenters. The van der Waals surface area contributed by atoms with Crippen LogP contribution in [0.5, 0.6) is 0 Å². The molecule has 0 aliphatic heterocycles. The van der Waals surface area contributed by atoms with Crippen LogP contribution in [-0.2, 0) is 0 Å². The molecule has 1 unspecified atom stereocenters. The molecule has 0 saturated heterocycles. The summed E-state index contributed by atoms with van der Waals surface area (Å²) >= 11 is 11.2. The van der Waals surface area contributed by atoms with Crippen LogP contribution < -0.4 is 0 Å². The highest BCUT2D eigenvalue weighted by Crippen LogP contribution is 2.10. The highest BCUT2D eigenvalue weighted by atomic mass is 35.6. The van der Waals surface area contributed by atoms with E-state index in [1.165, 1.54) is 0 Å². The van der Waals surface area contributed by atoms with Crippen molar-refractivity contribution in [1.29, 1.82) is 0 Å². The monoisotopic (exact) mass is 154 g/mol. The average Bonchev–Trinajstić information content (AvgIpc) is 1.68. The molecule has 0 aromatic carbocycles. The Hall–Kier alpha value is 0.537. The minimum absolute atomic E-state index is 0.554. The van der Waals surface area contributed by atoms with Crippen molar-refractivity contribution in [2.24, 2.45) is 0 Å². The lowest BCUT2D eigenvalue weighted by atomic mass is 11.3. The SMILES string of the molecule is C=C[Si](C)(Cl)CCl. The maximum atomic E-state index is 5.79. The van der Waals surface area contributed by atoms with Crippen LogP contribution in [-0.4, -0.2) is 12.9 Å². The zero-order valence-corrected chi connectivity index (χ0v) is 6.76. The standard InChI is InChI=1S/C4H8Cl2Si/c1-3-7(2,6)4-5/h3H,1,4H2,2H3. The molecule has 0 spiro atoms. The number of halogens is 2. The number of hydrogen-bond acceptors (Lipinski definition) is 0. The Labute approximate surface area is 54.8 Å². The third-order valence-electron chi connectivity index (χ3n) is 0.687. The normalized spacial score (nSPS) is 18.1. The van der Waals surface area contributed by atoms with Crippen molar-refractivity contribution in [2.45, 2.75) is 6.55 Å². The Morgan fingerprint density at radius 2 is 2.29 bits per heavy atom. The first-order valence-corrected chi connectivity index (χ1v) is 6.34. The largest absolute Gasteiger partial charge is 0.190 e. The van der Waals surface area contributed by atoms with Gasteiger partial charge in [0, 0.05) is 5.50 Å². The molecule has 0 radical (unpaired) electrons. The molecule has 0 bridgehead atoms. The summed E-state index contributed by atoms with van der Waals surface area (Å²) in [6.07, 6.45) is 0. The van der Waals surface area contributed by atoms with Crippen molar-refractivity contribution in [3.63, 3.8) is 0 Å². The molecule has 0 heterocycles. The van der Waals surface area contributed by atoms with Crippen molar-refractivity contribution in [3.8, 4) is 0 Å². The maximum absolute atomic E-state index is 5.79. The van der Waals surface area contributed by atoms with E-state index >= 15 is 0 Å². The molecule has 3 heteroatoms. The highest BCUT2D eigenvalue weighted by Gasteiger charge is 2.16. The molecule has 0 rings (SSSR count). The van der Waals surface area contributed by atoms with Gasteiger partial charge >= 0.3 is 0 Å². The molecule has 0 saturated carbocycles. The van der Waals surface area contributed by atoms with E-state index < -0.39 is 7.38 Å². The second-order valence-corrected chi connectivity index (χ2v) is 8.24. The summed E-state index contributed by atoms with van der Waals surface area (Å²) in [6.45, 7) is 5.50. The van der Waals surface area contributed by atoms with E-state index in [1.807, 2.05) is 6.55 Å². The Morgan fingerprint density at radius 1 is 1.86 bits per heavy atom. The first-order valence-electron chi connectivity index (χ1n) is 2.01. The van der Waals surface area contributed by atoms with Gasteiger partial charge in [-0.1, -0.05) is 12.2 Å². The Bertz CT molecular complexity index is 70.1. The molecule has 0 aliphatic rings. The fraction of sp³-hybridized carbons (Fsp3) is 0.500. The third kappa shape index (κ3) is 3.15. The fourth-order valence-corrected chi connectivity index (χ4v) is 0.491. The molecule has 0 aromatic rings. The fourth-order valence-electron chi connectivity index (χ4n) is 0.0546. The Balaban J connectivity index is 3.58. The summed E-state index contributed by atoms with van der Waals surface area (Å²) in [5.74, 6) is 0. The lowest BCUT2D eigenvalue weighted by Gasteiger charge is -2.05. The van der Waals surface area contributed by atoms with Gasteiger partial charge < -0.3 is 0 Å². The smallest absolute Gasteiger partial charge is 0.161 e. The summed E-state index contributed by atoms with van der Waals surface area (Å²) in [7, 11) is -1.65. The van der Waals surface area contributed by atoms with E-state index in [4.69, 9.17) is 22.7 Å². The summed E-state index contributed by atoms with van der Waals surface area (Å²) in [4.78, 5) is 0. The minimum Gasteiger partial charge on any atom is -0.161 e. The number of alkyl halides is 1. The molecular formula is C4H8Cl2Si. The van der Waals surface area contributed by atoms with Gasteiger partial charge in [-0.25, -0.2) is 0 Å². The molecule has 0 amide bonds. The highest BCUT2D eigenvalue weighted by molar-refractivity contribution is 7.24. The topological polar surface area (TPSA) is 0 Å². The summed E-state index contributed by atoms with van der Waals surface area (Å²) in [5.41, 5.74) is 2.32. The zero-order chi connectivity index (χ0) is 5.91. The predicted octanol–water partition coefficient (Wildman–Crippen LogP) is 2.30.